The fraction of sp³-hybridized carbons (Fsp3) is 0.214. The molecule has 0 radical (unpaired) electrons. The molecule has 2 aromatic rings. The number of nitrogen functional groups attached to an aromatic ring is 1. The Kier molecular flexibility index (Phi) is 4.34. The number of carbonyl (C=O) groups is 1. The topological polar surface area (TPSA) is 55.1 Å². The van der Waals surface area contributed by atoms with Crippen LogP contribution in [0.5, 0.6) is 0 Å². The Hall–Kier alpha value is -1.95. The number of anilines is 1. The second-order valence-corrected chi connectivity index (χ2v) is 5.54. The van der Waals surface area contributed by atoms with Crippen molar-refractivity contribution in [2.75, 3.05) is 5.73 Å². The van der Waals surface area contributed by atoms with Gasteiger partial charge in [-0.25, -0.2) is 8.78 Å². The summed E-state index contributed by atoms with van der Waals surface area (Å²) in [5, 5.41) is 4.68. The summed E-state index contributed by atoms with van der Waals surface area (Å²) in [6, 6.07) is 5.40. The first kappa shape index (κ1) is 14.5. The molecule has 0 fully saturated rings. The number of halogens is 2. The quantitative estimate of drug-likeness (QED) is 0.852. The molecule has 6 heteroatoms. The summed E-state index contributed by atoms with van der Waals surface area (Å²) in [6.07, 6.45) is 0.674. The molecule has 3 N–H and O–H groups in total. The Morgan fingerprint density at radius 3 is 2.75 bits per heavy atom. The number of rotatable bonds is 4. The first-order chi connectivity index (χ1) is 9.47. The molecule has 0 bridgehead atoms. The van der Waals surface area contributed by atoms with Gasteiger partial charge in [0, 0.05) is 29.1 Å². The third-order valence-electron chi connectivity index (χ3n) is 2.80. The number of amides is 1. The predicted octanol–water partition coefficient (Wildman–Crippen LogP) is 2.97. The Bertz CT molecular complexity index is 614. The first-order valence-corrected chi connectivity index (χ1v) is 6.93. The Morgan fingerprint density at radius 1 is 1.40 bits per heavy atom. The number of hydrogen-bond acceptors (Lipinski definition) is 3. The molecule has 0 spiro atoms. The molecule has 0 aliphatic rings. The highest BCUT2D eigenvalue weighted by Crippen LogP contribution is 2.17. The van der Waals surface area contributed by atoms with Gasteiger partial charge in [-0.1, -0.05) is 6.07 Å². The summed E-state index contributed by atoms with van der Waals surface area (Å²) in [5.41, 5.74) is 5.40. The van der Waals surface area contributed by atoms with Crippen molar-refractivity contribution in [3.63, 3.8) is 0 Å². The largest absolute Gasteiger partial charge is 0.398 e. The number of hydrogen-bond donors (Lipinski definition) is 2. The fourth-order valence-electron chi connectivity index (χ4n) is 1.84. The molecule has 0 saturated heterocycles. The van der Waals surface area contributed by atoms with Gasteiger partial charge in [0.15, 0.2) is 11.6 Å². The van der Waals surface area contributed by atoms with Gasteiger partial charge in [-0.05, 0) is 24.4 Å². The maximum atomic E-state index is 13.2. The third-order valence-corrected chi connectivity index (χ3v) is 3.70. The molecular weight excluding hydrogens is 282 g/mol. The van der Waals surface area contributed by atoms with Crippen molar-refractivity contribution in [3.05, 3.63) is 51.7 Å². The van der Waals surface area contributed by atoms with Gasteiger partial charge in [0.05, 0.1) is 5.56 Å². The van der Waals surface area contributed by atoms with Crippen molar-refractivity contribution in [1.82, 2.24) is 5.32 Å². The molecule has 1 aromatic heterocycles. The minimum atomic E-state index is -1.09. The van der Waals surface area contributed by atoms with Crippen molar-refractivity contribution >= 4 is 22.9 Å². The highest BCUT2D eigenvalue weighted by Gasteiger charge is 2.16. The van der Waals surface area contributed by atoms with Gasteiger partial charge in [-0.2, -0.15) is 0 Å². The SMILES string of the molecule is CC(Cc1cccs1)NC(=O)c1cc(F)c(F)cc1N. The van der Waals surface area contributed by atoms with Crippen molar-refractivity contribution in [3.8, 4) is 0 Å². The second-order valence-electron chi connectivity index (χ2n) is 4.51. The molecule has 1 amide bonds. The molecule has 1 unspecified atom stereocenters. The number of benzene rings is 1. The van der Waals surface area contributed by atoms with E-state index in [1.54, 1.807) is 11.3 Å². The number of nitrogens with one attached hydrogen (secondary N) is 1. The summed E-state index contributed by atoms with van der Waals surface area (Å²) in [7, 11) is 0. The minimum absolute atomic E-state index is 0.0538. The summed E-state index contributed by atoms with van der Waals surface area (Å²) in [6.45, 7) is 1.84. The summed E-state index contributed by atoms with van der Waals surface area (Å²) < 4.78 is 26.1. The Morgan fingerprint density at radius 2 is 2.10 bits per heavy atom. The van der Waals surface area contributed by atoms with Crippen LogP contribution in [-0.2, 0) is 6.42 Å². The Labute approximate surface area is 119 Å². The summed E-state index contributed by atoms with van der Waals surface area (Å²) in [4.78, 5) is 13.1. The molecule has 20 heavy (non-hydrogen) atoms. The van der Waals surface area contributed by atoms with Gasteiger partial charge in [0.2, 0.25) is 0 Å². The van der Waals surface area contributed by atoms with Crippen LogP contribution in [0.4, 0.5) is 14.5 Å². The first-order valence-electron chi connectivity index (χ1n) is 6.05. The third kappa shape index (κ3) is 3.33. The normalized spacial score (nSPS) is 12.2. The van der Waals surface area contributed by atoms with E-state index < -0.39 is 17.5 Å². The zero-order valence-electron chi connectivity index (χ0n) is 10.8. The van der Waals surface area contributed by atoms with Crippen LogP contribution < -0.4 is 11.1 Å². The zero-order valence-corrected chi connectivity index (χ0v) is 11.6. The maximum Gasteiger partial charge on any atom is 0.253 e. The number of carbonyl (C=O) groups excluding carboxylic acids is 1. The fourth-order valence-corrected chi connectivity index (χ4v) is 2.68. The van der Waals surface area contributed by atoms with Crippen LogP contribution in [0.25, 0.3) is 0 Å². The minimum Gasteiger partial charge on any atom is -0.398 e. The monoisotopic (exact) mass is 296 g/mol. The van der Waals surface area contributed by atoms with E-state index >= 15 is 0 Å². The van der Waals surface area contributed by atoms with E-state index in [-0.39, 0.29) is 17.3 Å². The lowest BCUT2D eigenvalue weighted by molar-refractivity contribution is 0.0940. The molecule has 1 aromatic carbocycles. The number of thiophene rings is 1. The van der Waals surface area contributed by atoms with Crippen molar-refractivity contribution in [2.24, 2.45) is 0 Å². The van der Waals surface area contributed by atoms with E-state index in [1.165, 1.54) is 0 Å². The van der Waals surface area contributed by atoms with Gasteiger partial charge in [-0.3, -0.25) is 4.79 Å². The average Bonchev–Trinajstić information content (AvgIpc) is 2.86. The van der Waals surface area contributed by atoms with Crippen LogP contribution in [0, 0.1) is 11.6 Å². The van der Waals surface area contributed by atoms with Gasteiger partial charge >= 0.3 is 0 Å². The van der Waals surface area contributed by atoms with Gasteiger partial charge in [-0.15, -0.1) is 11.3 Å². The molecule has 3 nitrogen and oxygen atoms in total. The lowest BCUT2D eigenvalue weighted by Crippen LogP contribution is -2.34. The molecule has 0 aliphatic heterocycles. The predicted molar refractivity (Wildman–Crippen MR) is 75.7 cm³/mol. The van der Waals surface area contributed by atoms with E-state index in [1.807, 2.05) is 24.4 Å². The number of nitrogens with two attached hydrogens (primary N) is 1. The van der Waals surface area contributed by atoms with E-state index in [9.17, 15) is 13.6 Å². The van der Waals surface area contributed by atoms with E-state index in [2.05, 4.69) is 5.32 Å². The summed E-state index contributed by atoms with van der Waals surface area (Å²) in [5.74, 6) is -2.66. The van der Waals surface area contributed by atoms with E-state index in [0.717, 1.165) is 17.0 Å². The highest BCUT2D eigenvalue weighted by molar-refractivity contribution is 7.09. The summed E-state index contributed by atoms with van der Waals surface area (Å²) >= 11 is 1.60. The van der Waals surface area contributed by atoms with Crippen LogP contribution in [0.2, 0.25) is 0 Å². The molecule has 1 atom stereocenters. The van der Waals surface area contributed by atoms with Crippen molar-refractivity contribution < 1.29 is 13.6 Å². The van der Waals surface area contributed by atoms with Crippen LogP contribution in [0.3, 0.4) is 0 Å². The van der Waals surface area contributed by atoms with Crippen molar-refractivity contribution in [1.29, 1.82) is 0 Å². The second kappa shape index (κ2) is 6.00. The van der Waals surface area contributed by atoms with Crippen LogP contribution >= 0.6 is 11.3 Å². The smallest absolute Gasteiger partial charge is 0.253 e. The molecule has 0 aliphatic carbocycles. The molecule has 2 rings (SSSR count). The van der Waals surface area contributed by atoms with Gasteiger partial charge < -0.3 is 11.1 Å². The maximum absolute atomic E-state index is 13.2. The molecular formula is C14H14F2N2OS. The average molecular weight is 296 g/mol. The van der Waals surface area contributed by atoms with Gasteiger partial charge in [0.1, 0.15) is 0 Å². The standard InChI is InChI=1S/C14H14F2N2OS/c1-8(5-9-3-2-4-20-9)18-14(19)10-6-11(15)12(16)7-13(10)17/h2-4,6-8H,5,17H2,1H3,(H,18,19). The van der Waals surface area contributed by atoms with Crippen LogP contribution in [-0.4, -0.2) is 11.9 Å². The van der Waals surface area contributed by atoms with Gasteiger partial charge in [0.25, 0.3) is 5.91 Å². The Balaban J connectivity index is 2.06. The lowest BCUT2D eigenvalue weighted by Gasteiger charge is -2.14. The van der Waals surface area contributed by atoms with E-state index in [0.29, 0.717) is 6.42 Å². The van der Waals surface area contributed by atoms with Crippen LogP contribution in [0.15, 0.2) is 29.6 Å². The van der Waals surface area contributed by atoms with Crippen molar-refractivity contribution in [2.45, 2.75) is 19.4 Å². The lowest BCUT2D eigenvalue weighted by atomic mass is 10.1. The molecule has 0 saturated carbocycles. The zero-order chi connectivity index (χ0) is 14.7. The molecule has 106 valence electrons. The highest BCUT2D eigenvalue weighted by atomic mass is 32.1. The van der Waals surface area contributed by atoms with Crippen LogP contribution in [0.1, 0.15) is 22.2 Å². The molecule has 1 heterocycles. The van der Waals surface area contributed by atoms with E-state index in [4.69, 9.17) is 5.73 Å².